The fourth-order valence-corrected chi connectivity index (χ4v) is 2.62. The maximum Gasteiger partial charge on any atom is 0.225 e. The lowest BCUT2D eigenvalue weighted by molar-refractivity contribution is -0.128. The van der Waals surface area contributed by atoms with Gasteiger partial charge in [0.15, 0.2) is 0 Å². The minimum atomic E-state index is -0.433. The Morgan fingerprint density at radius 2 is 1.68 bits per heavy atom. The summed E-state index contributed by atoms with van der Waals surface area (Å²) in [5, 5.41) is 5.92. The first-order valence-corrected chi connectivity index (χ1v) is 9.31. The summed E-state index contributed by atoms with van der Waals surface area (Å²) in [4.78, 5) is 24.1. The van der Waals surface area contributed by atoms with Gasteiger partial charge in [0, 0.05) is 18.4 Å². The van der Waals surface area contributed by atoms with Crippen LogP contribution in [0.5, 0.6) is 0 Å². The van der Waals surface area contributed by atoms with Gasteiger partial charge < -0.3 is 10.6 Å². The number of carbonyl (C=O) groups excluding carboxylic acids is 2. The van der Waals surface area contributed by atoms with Crippen LogP contribution in [-0.2, 0) is 16.0 Å². The van der Waals surface area contributed by atoms with Gasteiger partial charge in [0.05, 0.1) is 6.04 Å². The summed E-state index contributed by atoms with van der Waals surface area (Å²) < 4.78 is 0. The molecule has 140 valence electrons. The maximum absolute atomic E-state index is 12.3. The van der Waals surface area contributed by atoms with Crippen LogP contribution in [0, 0.1) is 11.3 Å². The lowest BCUT2D eigenvalue weighted by atomic mass is 9.94. The Morgan fingerprint density at radius 1 is 1.08 bits per heavy atom. The van der Waals surface area contributed by atoms with E-state index in [2.05, 4.69) is 55.7 Å². The Hall–Kier alpha value is -1.84. The summed E-state index contributed by atoms with van der Waals surface area (Å²) >= 11 is 0. The van der Waals surface area contributed by atoms with E-state index in [0.717, 1.165) is 18.4 Å². The molecule has 0 aliphatic heterocycles. The van der Waals surface area contributed by atoms with Crippen LogP contribution in [0.15, 0.2) is 24.3 Å². The first-order valence-electron chi connectivity index (χ1n) is 9.31. The molecule has 0 bridgehead atoms. The van der Waals surface area contributed by atoms with E-state index < -0.39 is 5.41 Å². The molecule has 2 amide bonds. The zero-order valence-electron chi connectivity index (χ0n) is 16.6. The minimum absolute atomic E-state index is 0.0125. The predicted molar refractivity (Wildman–Crippen MR) is 103 cm³/mol. The van der Waals surface area contributed by atoms with E-state index in [9.17, 15) is 9.59 Å². The van der Waals surface area contributed by atoms with Crippen molar-refractivity contribution in [2.75, 3.05) is 6.54 Å². The smallest absolute Gasteiger partial charge is 0.225 e. The van der Waals surface area contributed by atoms with E-state index >= 15 is 0 Å². The van der Waals surface area contributed by atoms with Gasteiger partial charge in [-0.3, -0.25) is 9.59 Å². The number of carbonyl (C=O) groups is 2. The van der Waals surface area contributed by atoms with Gasteiger partial charge in [-0.25, -0.2) is 0 Å². The third-order valence-corrected chi connectivity index (χ3v) is 4.18. The molecule has 0 aliphatic carbocycles. The van der Waals surface area contributed by atoms with Crippen molar-refractivity contribution in [3.63, 3.8) is 0 Å². The summed E-state index contributed by atoms with van der Waals surface area (Å²) in [7, 11) is 0. The molecule has 25 heavy (non-hydrogen) atoms. The van der Waals surface area contributed by atoms with Crippen molar-refractivity contribution >= 4 is 11.8 Å². The molecule has 1 rings (SSSR count). The molecule has 0 heterocycles. The number of hydrogen-bond acceptors (Lipinski definition) is 2. The molecule has 0 unspecified atom stereocenters. The van der Waals surface area contributed by atoms with Gasteiger partial charge in [0.25, 0.3) is 0 Å². The molecule has 0 radical (unpaired) electrons. The molecule has 0 aliphatic rings. The van der Waals surface area contributed by atoms with Crippen LogP contribution in [0.4, 0.5) is 0 Å². The third-order valence-electron chi connectivity index (χ3n) is 4.18. The van der Waals surface area contributed by atoms with E-state index in [-0.39, 0.29) is 17.9 Å². The van der Waals surface area contributed by atoms with Gasteiger partial charge in [-0.2, -0.15) is 0 Å². The molecule has 0 fully saturated rings. The zero-order valence-corrected chi connectivity index (χ0v) is 16.6. The first-order chi connectivity index (χ1) is 11.6. The fourth-order valence-electron chi connectivity index (χ4n) is 2.62. The van der Waals surface area contributed by atoms with Gasteiger partial charge >= 0.3 is 0 Å². The topological polar surface area (TPSA) is 58.2 Å². The molecule has 2 N–H and O–H groups in total. The third kappa shape index (κ3) is 7.29. The summed E-state index contributed by atoms with van der Waals surface area (Å²) in [5.74, 6) is 0.225. The van der Waals surface area contributed by atoms with E-state index in [1.165, 1.54) is 5.56 Å². The van der Waals surface area contributed by atoms with Gasteiger partial charge in [0.1, 0.15) is 0 Å². The van der Waals surface area contributed by atoms with Crippen molar-refractivity contribution in [2.24, 2.45) is 11.3 Å². The van der Waals surface area contributed by atoms with Crippen LogP contribution in [0.1, 0.15) is 71.6 Å². The number of benzene rings is 1. The molecule has 0 aromatic heterocycles. The van der Waals surface area contributed by atoms with Crippen LogP contribution in [0.2, 0.25) is 0 Å². The Balaban J connectivity index is 2.59. The Morgan fingerprint density at radius 3 is 2.16 bits per heavy atom. The highest BCUT2D eigenvalue weighted by atomic mass is 16.2. The number of hydrogen-bond donors (Lipinski definition) is 2. The van der Waals surface area contributed by atoms with E-state index in [4.69, 9.17) is 0 Å². The molecular formula is C21H34N2O2. The summed E-state index contributed by atoms with van der Waals surface area (Å²) in [6.07, 6.45) is 2.50. The van der Waals surface area contributed by atoms with Gasteiger partial charge in [-0.15, -0.1) is 0 Å². The SMILES string of the molecule is CCCc1ccc([C@@H](NC(=O)CCNC(=O)C(C)(C)C)C(C)C)cc1. The van der Waals surface area contributed by atoms with Crippen molar-refractivity contribution < 1.29 is 9.59 Å². The quantitative estimate of drug-likeness (QED) is 0.747. The largest absolute Gasteiger partial charge is 0.355 e. The number of amides is 2. The van der Waals surface area contributed by atoms with Crippen LogP contribution in [0.25, 0.3) is 0 Å². The predicted octanol–water partition coefficient (Wildman–Crippen LogP) is 4.00. The lowest BCUT2D eigenvalue weighted by Gasteiger charge is -2.23. The van der Waals surface area contributed by atoms with Crippen LogP contribution >= 0.6 is 0 Å². The van der Waals surface area contributed by atoms with Crippen LogP contribution < -0.4 is 10.6 Å². The first kappa shape index (κ1) is 21.2. The molecule has 1 aromatic carbocycles. The fraction of sp³-hybridized carbons (Fsp3) is 0.619. The Labute approximate surface area is 152 Å². The number of nitrogens with one attached hydrogen (secondary N) is 2. The van der Waals surface area contributed by atoms with Crippen LogP contribution in [-0.4, -0.2) is 18.4 Å². The monoisotopic (exact) mass is 346 g/mol. The molecule has 0 saturated carbocycles. The lowest BCUT2D eigenvalue weighted by Crippen LogP contribution is -2.38. The number of rotatable bonds is 8. The van der Waals surface area contributed by atoms with Gasteiger partial charge in [0.2, 0.25) is 11.8 Å². The molecule has 4 nitrogen and oxygen atoms in total. The molecular weight excluding hydrogens is 312 g/mol. The van der Waals surface area contributed by atoms with Gasteiger partial charge in [-0.05, 0) is 23.5 Å². The highest BCUT2D eigenvalue weighted by Crippen LogP contribution is 2.22. The average molecular weight is 347 g/mol. The molecule has 4 heteroatoms. The zero-order chi connectivity index (χ0) is 19.0. The van der Waals surface area contributed by atoms with E-state index in [1.54, 1.807) is 0 Å². The van der Waals surface area contributed by atoms with E-state index in [0.29, 0.717) is 18.9 Å². The van der Waals surface area contributed by atoms with E-state index in [1.807, 2.05) is 20.8 Å². The summed E-state index contributed by atoms with van der Waals surface area (Å²) in [6, 6.07) is 8.49. The molecule has 0 spiro atoms. The number of aryl methyl sites for hydroxylation is 1. The van der Waals surface area contributed by atoms with Crippen molar-refractivity contribution in [1.29, 1.82) is 0 Å². The van der Waals surface area contributed by atoms with Crippen molar-refractivity contribution in [3.05, 3.63) is 35.4 Å². The summed E-state index contributed by atoms with van der Waals surface area (Å²) in [5.41, 5.74) is 2.02. The Kier molecular flexibility index (Phi) is 8.14. The van der Waals surface area contributed by atoms with Crippen molar-refractivity contribution in [2.45, 2.75) is 66.8 Å². The highest BCUT2D eigenvalue weighted by molar-refractivity contribution is 5.82. The summed E-state index contributed by atoms with van der Waals surface area (Å²) in [6.45, 7) is 12.3. The van der Waals surface area contributed by atoms with Crippen molar-refractivity contribution in [3.8, 4) is 0 Å². The van der Waals surface area contributed by atoms with Crippen LogP contribution in [0.3, 0.4) is 0 Å². The second-order valence-electron chi connectivity index (χ2n) is 8.04. The molecule has 1 atom stereocenters. The van der Waals surface area contributed by atoms with Crippen molar-refractivity contribution in [1.82, 2.24) is 10.6 Å². The minimum Gasteiger partial charge on any atom is -0.355 e. The molecule has 0 saturated heterocycles. The second kappa shape index (κ2) is 9.59. The average Bonchev–Trinajstić information content (AvgIpc) is 2.52. The van der Waals surface area contributed by atoms with Gasteiger partial charge in [-0.1, -0.05) is 72.2 Å². The molecule has 1 aromatic rings. The Bertz CT molecular complexity index is 556. The standard InChI is InChI=1S/C21H34N2O2/c1-7-8-16-9-11-17(12-10-16)19(15(2)3)23-18(24)13-14-22-20(25)21(4,5)6/h9-12,15,19H,7-8,13-14H2,1-6H3,(H,22,25)(H,23,24)/t19-/m0/s1. The second-order valence-corrected chi connectivity index (χ2v) is 8.04. The highest BCUT2D eigenvalue weighted by Gasteiger charge is 2.21. The normalized spacial score (nSPS) is 12.8. The maximum atomic E-state index is 12.3.